The van der Waals surface area contributed by atoms with Gasteiger partial charge in [0, 0.05) is 33.5 Å². The Morgan fingerprint density at radius 3 is 1.22 bits per heavy atom. The molecule has 486 valence electrons. The van der Waals surface area contributed by atoms with Crippen molar-refractivity contribution in [1.29, 1.82) is 0 Å². The summed E-state index contributed by atoms with van der Waals surface area (Å²) in [5.41, 5.74) is -1.25. The third-order valence-electron chi connectivity index (χ3n) is 12.2. The van der Waals surface area contributed by atoms with E-state index in [1.54, 1.807) is 77.5 Å². The number of aromatic nitrogens is 9. The second-order valence-electron chi connectivity index (χ2n) is 18.5. The molecule has 95 heavy (non-hydrogen) atoms. The number of hydrogen-bond acceptors (Lipinski definition) is 29. The standard InChI is InChI=1S/C19H14N4O4S.C18H12N4O5S.C15H9F3N2O6S2.C5H7BN2O3/c1-10(24)16-11(13-7-21-15(26-2)8-20-13)9-28-19(16)23-17(25)18-22-12-5-3-4-6-14(12)27-18;1-26-13-7-19-11(6-20-13)9-8-28-17(14(9)18(24)25)22-15(23)16-21-10-4-2-3-5-12(10)27-16;1-7(21)11-10(26-28(23,24)15(16,17)18)6-27-14(11)20-12(22)13-19-8-4-2-3-5-9(8)25-13;1-11-5-3-7-4(2-8-5)6(9)10/h3-9H,1-2H3,(H,23,25);2-8H,1H3,(H,22,23)(H,24,25);2-6H,1H3,(H,20,22);2-3,9-10H,1H3. The van der Waals surface area contributed by atoms with Crippen LogP contribution in [0.2, 0.25) is 0 Å². The Bertz CT molecular complexity index is 4640. The third-order valence-corrected chi connectivity index (χ3v) is 15.9. The van der Waals surface area contributed by atoms with E-state index in [9.17, 15) is 55.5 Å². The molecule has 30 nitrogen and oxygen atoms in total. The van der Waals surface area contributed by atoms with Gasteiger partial charge >= 0.3 is 46.4 Å². The zero-order valence-corrected chi connectivity index (χ0v) is 52.2. The zero-order valence-electron chi connectivity index (χ0n) is 49.0. The second kappa shape index (κ2) is 29.4. The number of Topliss-reactive ketones (excluding diaryl/α,β-unsaturated/α-hetero) is 2. The molecule has 0 aliphatic carbocycles. The second-order valence-corrected chi connectivity index (χ2v) is 22.7. The van der Waals surface area contributed by atoms with Gasteiger partial charge in [-0.25, -0.2) is 44.7 Å². The number of amides is 3. The van der Waals surface area contributed by atoms with E-state index in [1.165, 1.54) is 76.8 Å². The molecule has 12 rings (SSSR count). The molecule has 6 N–H and O–H groups in total. The van der Waals surface area contributed by atoms with Crippen molar-refractivity contribution in [2.24, 2.45) is 0 Å². The van der Waals surface area contributed by atoms with Gasteiger partial charge in [-0.3, -0.25) is 29.0 Å². The fourth-order valence-corrected chi connectivity index (χ4v) is 11.3. The highest BCUT2D eigenvalue weighted by Gasteiger charge is 2.49. The normalized spacial score (nSPS) is 11.0. The molecule has 0 bridgehead atoms. The van der Waals surface area contributed by atoms with Gasteiger partial charge in [0.2, 0.25) is 17.6 Å². The van der Waals surface area contributed by atoms with Crippen LogP contribution in [0.1, 0.15) is 77.0 Å². The molecule has 0 saturated carbocycles. The third kappa shape index (κ3) is 16.1. The lowest BCUT2D eigenvalue weighted by atomic mass is 9.87. The lowest BCUT2D eigenvalue weighted by Gasteiger charge is -2.09. The zero-order chi connectivity index (χ0) is 68.3. The van der Waals surface area contributed by atoms with Crippen LogP contribution in [0.3, 0.4) is 0 Å². The fourth-order valence-electron chi connectivity index (χ4n) is 7.90. The number of carbonyl (C=O) groups is 6. The van der Waals surface area contributed by atoms with Crippen molar-refractivity contribution in [1.82, 2.24) is 44.9 Å². The predicted octanol–water partition coefficient (Wildman–Crippen LogP) is 8.85. The summed E-state index contributed by atoms with van der Waals surface area (Å²) in [5, 5.41) is 38.9. The average molecular weight is 1380 g/mol. The smallest absolute Gasteiger partial charge is 0.480 e. The van der Waals surface area contributed by atoms with E-state index in [4.69, 9.17) is 37.5 Å². The Kier molecular flexibility index (Phi) is 21.1. The van der Waals surface area contributed by atoms with E-state index in [0.29, 0.717) is 95.4 Å². The summed E-state index contributed by atoms with van der Waals surface area (Å²) in [6, 6.07) is 20.5. The number of methoxy groups -OCH3 is 3. The molecule has 9 heterocycles. The number of halogens is 3. The van der Waals surface area contributed by atoms with E-state index in [-0.39, 0.29) is 44.6 Å². The van der Waals surface area contributed by atoms with Crippen LogP contribution in [0.4, 0.5) is 28.2 Å². The Hall–Kier alpha value is -11.4. The van der Waals surface area contributed by atoms with E-state index in [1.807, 2.05) is 6.07 Å². The van der Waals surface area contributed by atoms with Crippen LogP contribution in [0.5, 0.6) is 23.4 Å². The number of para-hydroxylation sites is 6. The van der Waals surface area contributed by atoms with Gasteiger partial charge in [0.15, 0.2) is 34.1 Å². The molecule has 0 aliphatic rings. The van der Waals surface area contributed by atoms with Crippen molar-refractivity contribution in [2.45, 2.75) is 19.4 Å². The van der Waals surface area contributed by atoms with E-state index in [0.717, 1.165) is 23.6 Å². The lowest BCUT2D eigenvalue weighted by Crippen LogP contribution is -2.32. The maximum Gasteiger partial charge on any atom is 0.534 e. The van der Waals surface area contributed by atoms with Crippen molar-refractivity contribution in [3.63, 3.8) is 0 Å². The molecule has 3 amide bonds. The fraction of sp³-hybridized carbons (Fsp3) is 0.105. The summed E-state index contributed by atoms with van der Waals surface area (Å²) in [7, 11) is -3.15. The topological polar surface area (TPSA) is 426 Å². The van der Waals surface area contributed by atoms with Gasteiger partial charge in [-0.1, -0.05) is 36.4 Å². The lowest BCUT2D eigenvalue weighted by molar-refractivity contribution is -0.0500. The molecule has 0 atom stereocenters. The van der Waals surface area contributed by atoms with Crippen LogP contribution in [0, 0.1) is 0 Å². The Morgan fingerprint density at radius 2 is 0.884 bits per heavy atom. The summed E-state index contributed by atoms with van der Waals surface area (Å²) >= 11 is 2.88. The number of ether oxygens (including phenoxy) is 3. The molecule has 0 spiro atoms. The molecule has 0 radical (unpaired) electrons. The van der Waals surface area contributed by atoms with Crippen molar-refractivity contribution < 1.29 is 97.2 Å². The predicted molar refractivity (Wildman–Crippen MR) is 335 cm³/mol. The maximum absolute atomic E-state index is 12.6. The van der Waals surface area contributed by atoms with Crippen LogP contribution >= 0.6 is 34.0 Å². The molecule has 38 heteroatoms. The molecule has 3 aromatic carbocycles. The van der Waals surface area contributed by atoms with Gasteiger partial charge in [-0.15, -0.1) is 34.0 Å². The highest BCUT2D eigenvalue weighted by atomic mass is 32.2. The number of oxazole rings is 3. The van der Waals surface area contributed by atoms with Crippen LogP contribution in [-0.2, 0) is 10.1 Å². The van der Waals surface area contributed by atoms with E-state index >= 15 is 0 Å². The Labute approximate surface area is 542 Å². The molecular weight excluding hydrogens is 1340 g/mol. The minimum Gasteiger partial charge on any atom is -0.480 e. The first-order chi connectivity index (χ1) is 45.4. The highest BCUT2D eigenvalue weighted by molar-refractivity contribution is 7.88. The number of hydrogen-bond donors (Lipinski definition) is 6. The van der Waals surface area contributed by atoms with E-state index in [2.05, 4.69) is 65.0 Å². The van der Waals surface area contributed by atoms with Gasteiger partial charge in [-0.05, 0) is 50.2 Å². The Morgan fingerprint density at radius 1 is 0.516 bits per heavy atom. The number of alkyl halides is 3. The molecule has 9 aromatic heterocycles. The number of nitrogens with zero attached hydrogens (tertiary/aromatic N) is 9. The first-order valence-corrected chi connectivity index (χ1v) is 30.5. The number of ketones is 2. The van der Waals surface area contributed by atoms with Crippen molar-refractivity contribution >= 4 is 140 Å². The maximum atomic E-state index is 12.6. The number of carboxylic acids is 1. The summed E-state index contributed by atoms with van der Waals surface area (Å²) in [4.78, 5) is 109. The number of carboxylic acid groups (broad SMARTS) is 1. The minimum absolute atomic E-state index is 0.0742. The Balaban J connectivity index is 0.000000155. The molecular formula is C57H42BF3N12O18S4. The largest absolute Gasteiger partial charge is 0.534 e. The van der Waals surface area contributed by atoms with Crippen molar-refractivity contribution in [3.8, 4) is 45.9 Å². The number of benzene rings is 3. The van der Waals surface area contributed by atoms with Crippen LogP contribution in [0.25, 0.3) is 55.8 Å². The molecule has 0 aliphatic heterocycles. The molecule has 0 unspecified atom stereocenters. The summed E-state index contributed by atoms with van der Waals surface area (Å²) in [6.07, 6.45) is 8.32. The molecule has 0 saturated heterocycles. The van der Waals surface area contributed by atoms with Gasteiger partial charge in [0.05, 0.1) is 80.4 Å². The highest BCUT2D eigenvalue weighted by Crippen LogP contribution is 2.40. The van der Waals surface area contributed by atoms with Gasteiger partial charge < -0.3 is 62.8 Å². The number of anilines is 3. The van der Waals surface area contributed by atoms with Crippen molar-refractivity contribution in [3.05, 3.63) is 160 Å². The monoisotopic (exact) mass is 1380 g/mol. The first-order valence-electron chi connectivity index (χ1n) is 26.4. The SMILES string of the molecule is CC(=O)c1c(OS(=O)(=O)C(F)(F)F)csc1NC(=O)c1nc2ccccc2o1.COc1cnc(-c2csc(NC(=O)c3nc4ccccc4o3)c2C(=O)O)cn1.COc1cnc(-c2csc(NC(=O)c3nc4ccccc4o3)c2C(C)=O)cn1.COc1cnc(B(O)O)cn1. The number of nitrogens with one attached hydrogen (secondary N) is 3. The average Bonchev–Trinajstić information content (AvgIpc) is 1.73. The van der Waals surface area contributed by atoms with Crippen molar-refractivity contribution in [2.75, 3.05) is 37.3 Å². The number of carbonyl (C=O) groups excluding carboxylic acids is 5. The number of thiophene rings is 3. The summed E-state index contributed by atoms with van der Waals surface area (Å²) < 4.78 is 94.7. The minimum atomic E-state index is -5.98. The number of fused-ring (bicyclic) bond motifs is 3. The van der Waals surface area contributed by atoms with E-state index < -0.39 is 63.5 Å². The quantitative estimate of drug-likeness (QED) is 0.0214. The number of rotatable bonds is 17. The summed E-state index contributed by atoms with van der Waals surface area (Å²) in [5.74, 6) is -4.71. The number of aromatic carboxylic acids is 1. The van der Waals surface area contributed by atoms with Gasteiger partial charge in [-0.2, -0.15) is 21.6 Å². The van der Waals surface area contributed by atoms with Gasteiger partial charge in [0.25, 0.3) is 17.7 Å². The summed E-state index contributed by atoms with van der Waals surface area (Å²) in [6.45, 7) is 2.40. The van der Waals surface area contributed by atoms with Crippen LogP contribution in [0.15, 0.2) is 139 Å². The first kappa shape index (κ1) is 67.9. The van der Waals surface area contributed by atoms with Crippen LogP contribution in [-0.4, -0.2) is 138 Å². The van der Waals surface area contributed by atoms with Gasteiger partial charge in [0.1, 0.15) is 37.1 Å². The van der Waals surface area contributed by atoms with Crippen LogP contribution < -0.4 is 39.9 Å². The molecule has 0 fully saturated rings. The molecule has 12 aromatic rings.